The number of hydrogen-bond donors (Lipinski definition) is 0. The largest absolute Gasteiger partial charge is 0.490 e. The molecule has 0 saturated carbocycles. The first-order valence-corrected chi connectivity index (χ1v) is 8.95. The minimum Gasteiger partial charge on any atom is -0.490 e. The first-order chi connectivity index (χ1) is 12.4. The summed E-state index contributed by atoms with van der Waals surface area (Å²) in [5.41, 5.74) is 0.900. The number of benzene rings is 1. The fourth-order valence-electron chi connectivity index (χ4n) is 2.76. The van der Waals surface area contributed by atoms with Crippen LogP contribution in [0.5, 0.6) is 5.75 Å². The van der Waals surface area contributed by atoms with E-state index in [9.17, 15) is 14.4 Å². The van der Waals surface area contributed by atoms with Gasteiger partial charge >= 0.3 is 5.97 Å². The minimum atomic E-state index is -0.695. The lowest BCUT2D eigenvalue weighted by Gasteiger charge is -2.27. The molecule has 0 aromatic heterocycles. The average molecular weight is 363 g/mol. The Morgan fingerprint density at radius 2 is 1.77 bits per heavy atom. The van der Waals surface area contributed by atoms with E-state index in [1.54, 1.807) is 0 Å². The van der Waals surface area contributed by atoms with Gasteiger partial charge in [0.25, 0.3) is 0 Å². The first-order valence-electron chi connectivity index (χ1n) is 8.95. The highest BCUT2D eigenvalue weighted by Crippen LogP contribution is 2.18. The van der Waals surface area contributed by atoms with E-state index in [1.807, 2.05) is 24.3 Å². The Bertz CT molecular complexity index is 580. The molecule has 0 N–H and O–H groups in total. The zero-order valence-electron chi connectivity index (χ0n) is 16.1. The van der Waals surface area contributed by atoms with E-state index in [0.717, 1.165) is 24.2 Å². The number of rotatable bonds is 12. The lowest BCUT2D eigenvalue weighted by atomic mass is 10.0. The number of Topliss-reactive ketones (excluding diaryl/α,β-unsaturated/α-hetero) is 1. The van der Waals surface area contributed by atoms with E-state index < -0.39 is 12.0 Å². The summed E-state index contributed by atoms with van der Waals surface area (Å²) in [6, 6.07) is 6.83. The lowest BCUT2D eigenvalue weighted by Crippen LogP contribution is -2.46. The van der Waals surface area contributed by atoms with Gasteiger partial charge in [0.15, 0.2) is 0 Å². The van der Waals surface area contributed by atoms with Crippen molar-refractivity contribution in [2.24, 2.45) is 0 Å². The van der Waals surface area contributed by atoms with Gasteiger partial charge in [-0.3, -0.25) is 14.5 Å². The summed E-state index contributed by atoms with van der Waals surface area (Å²) in [5.74, 6) is 0.200. The molecule has 1 aromatic rings. The van der Waals surface area contributed by atoms with Crippen molar-refractivity contribution in [1.29, 1.82) is 0 Å². The maximum atomic E-state index is 12.2. The molecule has 0 radical (unpaired) electrons. The van der Waals surface area contributed by atoms with Crippen LogP contribution in [0, 0.1) is 0 Å². The highest BCUT2D eigenvalue weighted by Gasteiger charge is 2.27. The van der Waals surface area contributed by atoms with Crippen molar-refractivity contribution in [3.05, 3.63) is 29.8 Å². The van der Waals surface area contributed by atoms with Crippen molar-refractivity contribution in [1.82, 2.24) is 4.90 Å². The molecule has 6 heteroatoms. The fourth-order valence-corrected chi connectivity index (χ4v) is 2.76. The average Bonchev–Trinajstić information content (AvgIpc) is 2.64. The molecule has 1 atom stereocenters. The molecule has 1 unspecified atom stereocenters. The van der Waals surface area contributed by atoms with Crippen molar-refractivity contribution in [3.63, 3.8) is 0 Å². The molecule has 0 aliphatic carbocycles. The summed E-state index contributed by atoms with van der Waals surface area (Å²) in [7, 11) is 1.30. The highest BCUT2D eigenvalue weighted by molar-refractivity contribution is 5.81. The molecule has 1 aromatic carbocycles. The smallest absolute Gasteiger partial charge is 0.323 e. The lowest BCUT2D eigenvalue weighted by molar-refractivity contribution is -0.147. The number of ketones is 1. The summed E-state index contributed by atoms with van der Waals surface area (Å²) < 4.78 is 10.8. The molecule has 0 heterocycles. The fraction of sp³-hybridized carbons (Fsp3) is 0.550. The van der Waals surface area contributed by atoms with Gasteiger partial charge in [-0.1, -0.05) is 26.0 Å². The minimum absolute atomic E-state index is 0.00474. The summed E-state index contributed by atoms with van der Waals surface area (Å²) in [5, 5.41) is 0. The van der Waals surface area contributed by atoms with E-state index >= 15 is 0 Å². The van der Waals surface area contributed by atoms with Gasteiger partial charge in [-0.25, -0.2) is 0 Å². The topological polar surface area (TPSA) is 72.9 Å². The molecule has 0 aliphatic heterocycles. The van der Waals surface area contributed by atoms with Crippen LogP contribution in [0.25, 0.3) is 0 Å². The normalized spacial score (nSPS) is 12.1. The molecule has 0 bridgehead atoms. The summed E-state index contributed by atoms with van der Waals surface area (Å²) >= 11 is 0. The number of hydrogen-bond acceptors (Lipinski definition) is 6. The van der Waals surface area contributed by atoms with Crippen LogP contribution in [0.3, 0.4) is 0 Å². The molecular weight excluding hydrogens is 334 g/mol. The van der Waals surface area contributed by atoms with Crippen molar-refractivity contribution in [3.8, 4) is 5.75 Å². The van der Waals surface area contributed by atoms with Crippen LogP contribution in [-0.4, -0.2) is 55.3 Å². The third kappa shape index (κ3) is 6.96. The molecule has 26 heavy (non-hydrogen) atoms. The molecule has 0 spiro atoms. The standard InChI is InChI=1S/C20H29NO5/c1-5-17(6-2)26-18-9-7-16(8-10-18)13-19(20(24)25-4)21(11-12-22)14-15(3)23/h7-10,12,17,19H,5-6,11,13-14H2,1-4H3. The number of ether oxygens (including phenoxy) is 2. The molecule has 6 nitrogen and oxygen atoms in total. The van der Waals surface area contributed by atoms with E-state index in [2.05, 4.69) is 13.8 Å². The summed E-state index contributed by atoms with van der Waals surface area (Å²) in [6.45, 7) is 5.61. The number of carbonyl (C=O) groups excluding carboxylic acids is 3. The first kappa shape index (κ1) is 21.8. The Balaban J connectivity index is 2.91. The zero-order valence-corrected chi connectivity index (χ0v) is 16.1. The van der Waals surface area contributed by atoms with Gasteiger partial charge in [-0.05, 0) is 43.9 Å². The second kappa shape index (κ2) is 11.4. The Hall–Kier alpha value is -2.21. The van der Waals surface area contributed by atoms with Gasteiger partial charge < -0.3 is 14.3 Å². The van der Waals surface area contributed by atoms with Gasteiger partial charge in [-0.15, -0.1) is 0 Å². The Morgan fingerprint density at radius 1 is 1.15 bits per heavy atom. The van der Waals surface area contributed by atoms with E-state index in [1.165, 1.54) is 18.9 Å². The monoisotopic (exact) mass is 363 g/mol. The molecule has 0 saturated heterocycles. The molecule has 144 valence electrons. The van der Waals surface area contributed by atoms with Gasteiger partial charge in [0.2, 0.25) is 0 Å². The van der Waals surface area contributed by atoms with Crippen molar-refractivity contribution < 1.29 is 23.9 Å². The number of aldehydes is 1. The van der Waals surface area contributed by atoms with E-state index in [-0.39, 0.29) is 25.0 Å². The van der Waals surface area contributed by atoms with Crippen LogP contribution in [-0.2, 0) is 25.5 Å². The molecular formula is C20H29NO5. The zero-order chi connectivity index (χ0) is 19.5. The van der Waals surface area contributed by atoms with Crippen molar-refractivity contribution >= 4 is 18.0 Å². The SMILES string of the molecule is CCC(CC)Oc1ccc(CC(C(=O)OC)N(CC=O)CC(C)=O)cc1. The predicted molar refractivity (Wildman–Crippen MR) is 99.3 cm³/mol. The highest BCUT2D eigenvalue weighted by atomic mass is 16.5. The number of nitrogens with zero attached hydrogens (tertiary/aromatic N) is 1. The van der Waals surface area contributed by atoms with Crippen LogP contribution >= 0.6 is 0 Å². The molecule has 1 rings (SSSR count). The van der Waals surface area contributed by atoms with E-state index in [4.69, 9.17) is 9.47 Å². The van der Waals surface area contributed by atoms with Crippen LogP contribution in [0.4, 0.5) is 0 Å². The van der Waals surface area contributed by atoms with Crippen LogP contribution in [0.15, 0.2) is 24.3 Å². The van der Waals surface area contributed by atoms with Gasteiger partial charge in [0.05, 0.1) is 26.3 Å². The number of methoxy groups -OCH3 is 1. The second-order valence-electron chi connectivity index (χ2n) is 6.24. The van der Waals surface area contributed by atoms with Crippen LogP contribution in [0.1, 0.15) is 39.2 Å². The maximum absolute atomic E-state index is 12.2. The van der Waals surface area contributed by atoms with Gasteiger partial charge in [0, 0.05) is 0 Å². The van der Waals surface area contributed by atoms with Crippen molar-refractivity contribution in [2.75, 3.05) is 20.2 Å². The Morgan fingerprint density at radius 3 is 2.23 bits per heavy atom. The van der Waals surface area contributed by atoms with Crippen LogP contribution in [0.2, 0.25) is 0 Å². The van der Waals surface area contributed by atoms with E-state index in [0.29, 0.717) is 12.7 Å². The summed E-state index contributed by atoms with van der Waals surface area (Å²) in [4.78, 5) is 36.1. The molecule has 0 amide bonds. The Kier molecular flexibility index (Phi) is 9.58. The maximum Gasteiger partial charge on any atom is 0.323 e. The molecule has 0 aliphatic rings. The third-order valence-electron chi connectivity index (χ3n) is 4.21. The quantitative estimate of drug-likeness (QED) is 0.419. The summed E-state index contributed by atoms with van der Waals surface area (Å²) in [6.07, 6.45) is 3.09. The van der Waals surface area contributed by atoms with Crippen LogP contribution < -0.4 is 4.74 Å². The van der Waals surface area contributed by atoms with Crippen molar-refractivity contribution in [2.45, 2.75) is 52.2 Å². The van der Waals surface area contributed by atoms with Gasteiger partial charge in [-0.2, -0.15) is 0 Å². The number of carbonyl (C=O) groups is 3. The number of esters is 1. The predicted octanol–water partition coefficient (Wildman–Crippen LogP) is 2.43. The van der Waals surface area contributed by atoms with Gasteiger partial charge in [0.1, 0.15) is 23.9 Å². The Labute approximate surface area is 155 Å². The molecule has 0 fully saturated rings. The second-order valence-corrected chi connectivity index (χ2v) is 6.24. The third-order valence-corrected chi connectivity index (χ3v) is 4.21.